The van der Waals surface area contributed by atoms with E-state index in [9.17, 15) is 14.4 Å². The third-order valence-electron chi connectivity index (χ3n) is 1.25. The number of aliphatic hydroxyl groups is 3. The molecule has 0 aliphatic carbocycles. The molecular formula is C23H52O15. The number of carbonyl (C=O) groups excluding carboxylic acids is 3. The molecule has 0 aromatic rings. The van der Waals surface area contributed by atoms with Gasteiger partial charge in [-0.2, -0.15) is 0 Å². The van der Waals surface area contributed by atoms with E-state index in [1.165, 1.54) is 21.0 Å². The maximum Gasteiger partial charge on any atom is 0.332 e. The maximum absolute atomic E-state index is 10.3. The van der Waals surface area contributed by atoms with Crippen LogP contribution in [0.1, 0.15) is 68.7 Å². The first-order chi connectivity index (χ1) is 17.8. The van der Waals surface area contributed by atoms with Crippen LogP contribution in [0.15, 0.2) is 0 Å². The van der Waals surface area contributed by atoms with Gasteiger partial charge in [0.05, 0.1) is 13.2 Å². The van der Waals surface area contributed by atoms with Gasteiger partial charge in [-0.05, 0) is 34.1 Å². The lowest BCUT2D eigenvalue weighted by Gasteiger charge is -1.97. The van der Waals surface area contributed by atoms with Gasteiger partial charge in [-0.1, -0.05) is 27.7 Å². The van der Waals surface area contributed by atoms with Crippen molar-refractivity contribution < 1.29 is 73.6 Å². The van der Waals surface area contributed by atoms with Crippen LogP contribution in [0.25, 0.3) is 0 Å². The topological polar surface area (TPSA) is 251 Å². The van der Waals surface area contributed by atoms with Gasteiger partial charge in [-0.15, -0.1) is 0 Å². The molecule has 0 amide bonds. The highest BCUT2D eigenvalue weighted by molar-refractivity contribution is 5.72. The molecule has 15 nitrogen and oxygen atoms in total. The number of ether oxygens (including phenoxy) is 3. The van der Waals surface area contributed by atoms with Gasteiger partial charge in [0.2, 0.25) is 0 Å². The van der Waals surface area contributed by atoms with Crippen LogP contribution < -0.4 is 0 Å². The summed E-state index contributed by atoms with van der Waals surface area (Å²) in [7, 11) is 1.46. The number of ketones is 1. The summed E-state index contributed by atoms with van der Waals surface area (Å²) >= 11 is 0. The number of esters is 1. The fourth-order valence-corrected chi connectivity index (χ4v) is 0.459. The molecule has 0 spiro atoms. The largest absolute Gasteiger partial charge is 0.483 e. The number of Topliss-reactive ketones (excluding diaryl/α,β-unsaturated/α-hetero) is 1. The molecule has 15 heteroatoms. The Kier molecular flexibility index (Phi) is 132. The van der Waals surface area contributed by atoms with E-state index in [0.717, 1.165) is 6.92 Å². The molecule has 38 heavy (non-hydrogen) atoms. The van der Waals surface area contributed by atoms with E-state index in [2.05, 4.69) is 14.2 Å². The third kappa shape index (κ3) is 425. The first-order valence-corrected chi connectivity index (χ1v) is 11.3. The van der Waals surface area contributed by atoms with Crippen molar-refractivity contribution in [2.24, 2.45) is 0 Å². The number of carboxylic acids is 2. The molecule has 0 atom stereocenters. The predicted octanol–water partition coefficient (Wildman–Crippen LogP) is 1.24. The zero-order valence-corrected chi connectivity index (χ0v) is 24.5. The highest BCUT2D eigenvalue weighted by atomic mass is 16.6. The molecule has 0 rings (SSSR count). The van der Waals surface area contributed by atoms with E-state index in [4.69, 9.17) is 45.0 Å². The molecule has 0 fully saturated rings. The van der Waals surface area contributed by atoms with E-state index in [-0.39, 0.29) is 38.0 Å². The number of methoxy groups -OCH3 is 1. The van der Waals surface area contributed by atoms with Crippen LogP contribution >= 0.6 is 0 Å². The van der Waals surface area contributed by atoms with E-state index in [1.807, 2.05) is 27.7 Å². The molecule has 0 aromatic carbocycles. The number of hydrogen-bond acceptors (Lipinski definition) is 12. The first kappa shape index (κ1) is 59.8. The van der Waals surface area contributed by atoms with Crippen molar-refractivity contribution in [1.29, 1.82) is 0 Å². The average molecular weight is 569 g/mol. The van der Waals surface area contributed by atoms with Crippen molar-refractivity contribution in [2.75, 3.05) is 46.8 Å². The number of carbonyl (C=O) groups is 6. The number of rotatable bonds is 8. The van der Waals surface area contributed by atoms with Crippen molar-refractivity contribution in [3.05, 3.63) is 0 Å². The molecule has 0 saturated heterocycles. The van der Waals surface area contributed by atoms with E-state index >= 15 is 0 Å². The smallest absolute Gasteiger partial charge is 0.332 e. The van der Waals surface area contributed by atoms with Gasteiger partial charge < -0.3 is 49.6 Å². The minimum Gasteiger partial charge on any atom is -0.483 e. The standard InChI is InChI=1S/C5H10O3.C3H6O2.C3H8O2.C3H6O.C2H4O3.C2H4O2.2C2H6.CH2O2/c1-3-8-5(6)4-7-2;1-2-5-3-4;4-2-1-3-5;1-3(2)4;3-1-2(4)5;1-2(3)4;2*1-2;2-1-3/h3-4H2,1-2H3;3H,2H2,1H3;4-5H,1-3H2;1-2H3;3H,1H2,(H,4,5);1H3,(H,3,4);2*1-2H3;1H,(H,2,3). The Bertz CT molecular complexity index is 413. The number of aliphatic carboxylic acids is 2. The van der Waals surface area contributed by atoms with Crippen LogP contribution in [0, 0.1) is 0 Å². The molecule has 0 aliphatic rings. The van der Waals surface area contributed by atoms with Gasteiger partial charge in [0.1, 0.15) is 19.0 Å². The zero-order valence-electron chi connectivity index (χ0n) is 24.5. The van der Waals surface area contributed by atoms with Crippen LogP contribution in [-0.2, 0) is 43.0 Å². The van der Waals surface area contributed by atoms with E-state index in [1.54, 1.807) is 13.8 Å². The van der Waals surface area contributed by atoms with Gasteiger partial charge in [0.25, 0.3) is 18.9 Å². The minimum absolute atomic E-state index is 0.0494. The first-order valence-electron chi connectivity index (χ1n) is 11.3. The number of aliphatic hydroxyl groups excluding tert-OH is 3. The number of hydrogen-bond donors (Lipinski definition) is 6. The minimum atomic E-state index is -1.19. The second-order valence-corrected chi connectivity index (χ2v) is 4.67. The molecule has 0 saturated carbocycles. The normalized spacial score (nSPS) is 6.76. The monoisotopic (exact) mass is 568 g/mol. The van der Waals surface area contributed by atoms with Crippen LogP contribution in [-0.4, -0.2) is 114 Å². The lowest BCUT2D eigenvalue weighted by Crippen LogP contribution is -2.10. The Hall–Kier alpha value is -3.14. The molecule has 0 bridgehead atoms. The molecule has 6 N–H and O–H groups in total. The Morgan fingerprint density at radius 3 is 1.16 bits per heavy atom. The molecule has 0 radical (unpaired) electrons. The Labute approximate surface area is 226 Å². The third-order valence-corrected chi connectivity index (χ3v) is 1.25. The van der Waals surface area contributed by atoms with Crippen molar-refractivity contribution in [1.82, 2.24) is 0 Å². The summed E-state index contributed by atoms with van der Waals surface area (Å²) in [6.45, 7) is 16.2. The van der Waals surface area contributed by atoms with Crippen molar-refractivity contribution in [3.63, 3.8) is 0 Å². The molecule has 0 unspecified atom stereocenters. The summed E-state index contributed by atoms with van der Waals surface area (Å²) < 4.78 is 13.2. The SMILES string of the molecule is CC.CC.CC(=O)O.CC(C)=O.CCOC(=O)COC.CCOC=O.O=C(O)CO.O=CO.OCCCO. The van der Waals surface area contributed by atoms with E-state index < -0.39 is 18.5 Å². The van der Waals surface area contributed by atoms with Gasteiger partial charge in [0.15, 0.2) is 0 Å². The Morgan fingerprint density at radius 2 is 1.08 bits per heavy atom. The van der Waals surface area contributed by atoms with E-state index in [0.29, 0.717) is 26.1 Å². The molecule has 0 aliphatic heterocycles. The van der Waals surface area contributed by atoms with Gasteiger partial charge >= 0.3 is 11.9 Å². The van der Waals surface area contributed by atoms with Crippen LogP contribution in [0.2, 0.25) is 0 Å². The summed E-state index contributed by atoms with van der Waals surface area (Å²) in [6, 6.07) is 0. The predicted molar refractivity (Wildman–Crippen MR) is 141 cm³/mol. The fourth-order valence-electron chi connectivity index (χ4n) is 0.459. The molecule has 234 valence electrons. The summed E-state index contributed by atoms with van der Waals surface area (Å²) in [5.74, 6) is -2.17. The quantitative estimate of drug-likeness (QED) is 0.178. The summed E-state index contributed by atoms with van der Waals surface area (Å²) in [4.78, 5) is 55.4. The van der Waals surface area contributed by atoms with Gasteiger partial charge in [-0.25, -0.2) is 9.59 Å². The summed E-state index contributed by atoms with van der Waals surface area (Å²) in [6.07, 6.45) is 0.500. The van der Waals surface area contributed by atoms with Gasteiger partial charge in [-0.3, -0.25) is 14.4 Å². The Morgan fingerprint density at radius 1 is 0.789 bits per heavy atom. The average Bonchev–Trinajstić information content (AvgIpc) is 2.84. The molecular weight excluding hydrogens is 516 g/mol. The number of carboxylic acid groups (broad SMARTS) is 3. The molecule has 0 heterocycles. The second kappa shape index (κ2) is 84.0. The lowest BCUT2D eigenvalue weighted by molar-refractivity contribution is -0.147. The summed E-state index contributed by atoms with van der Waals surface area (Å²) in [5, 5.41) is 45.1. The van der Waals surface area contributed by atoms with Crippen molar-refractivity contribution >= 4 is 36.6 Å². The maximum atomic E-state index is 10.3. The van der Waals surface area contributed by atoms with Gasteiger partial charge in [0, 0.05) is 27.2 Å². The second-order valence-electron chi connectivity index (χ2n) is 4.67. The van der Waals surface area contributed by atoms with Crippen LogP contribution in [0.5, 0.6) is 0 Å². The van der Waals surface area contributed by atoms with Crippen molar-refractivity contribution in [2.45, 2.75) is 68.7 Å². The Balaban J connectivity index is -0.0000000367. The highest BCUT2D eigenvalue weighted by Crippen LogP contribution is 1.76. The van der Waals surface area contributed by atoms with Crippen molar-refractivity contribution in [3.8, 4) is 0 Å². The fraction of sp³-hybridized carbons (Fsp3) is 0.739. The molecule has 0 aromatic heterocycles. The highest BCUT2D eigenvalue weighted by Gasteiger charge is 1.96. The van der Waals surface area contributed by atoms with Crippen LogP contribution in [0.3, 0.4) is 0 Å². The lowest BCUT2D eigenvalue weighted by atomic mass is 10.5. The summed E-state index contributed by atoms with van der Waals surface area (Å²) in [5.41, 5.74) is 0. The zero-order chi connectivity index (χ0) is 32.8. The van der Waals surface area contributed by atoms with Crippen LogP contribution in [0.4, 0.5) is 0 Å².